The van der Waals surface area contributed by atoms with E-state index in [0.29, 0.717) is 6.54 Å². The number of nitro groups is 1. The van der Waals surface area contributed by atoms with E-state index in [9.17, 15) is 24.8 Å². The second-order valence-corrected chi connectivity index (χ2v) is 5.09. The van der Waals surface area contributed by atoms with Crippen LogP contribution in [-0.2, 0) is 4.79 Å². The van der Waals surface area contributed by atoms with Crippen LogP contribution in [-0.4, -0.2) is 45.0 Å². The van der Waals surface area contributed by atoms with Crippen LogP contribution in [0.5, 0.6) is 5.75 Å². The highest BCUT2D eigenvalue weighted by Gasteiger charge is 2.37. The molecule has 2 atom stereocenters. The van der Waals surface area contributed by atoms with Crippen LogP contribution in [0.4, 0.5) is 5.69 Å². The Morgan fingerprint density at radius 3 is 2.52 bits per heavy atom. The Bertz CT molecular complexity index is 615. The van der Waals surface area contributed by atoms with Gasteiger partial charge in [-0.25, -0.2) is 0 Å². The molecule has 1 aromatic carbocycles. The van der Waals surface area contributed by atoms with Gasteiger partial charge in [-0.15, -0.1) is 0 Å². The van der Waals surface area contributed by atoms with Crippen molar-refractivity contribution in [3.05, 3.63) is 33.9 Å². The van der Waals surface area contributed by atoms with E-state index in [1.54, 1.807) is 6.92 Å². The van der Waals surface area contributed by atoms with Crippen LogP contribution in [0.25, 0.3) is 0 Å². The monoisotopic (exact) mass is 294 g/mol. The molecule has 0 radical (unpaired) electrons. The number of phenolic OH excluding ortho intramolecular Hbond substituents is 1. The zero-order valence-electron chi connectivity index (χ0n) is 11.2. The summed E-state index contributed by atoms with van der Waals surface area (Å²) in [5.41, 5.74) is -0.388. The predicted molar refractivity (Wildman–Crippen MR) is 71.0 cm³/mol. The van der Waals surface area contributed by atoms with Gasteiger partial charge in [0, 0.05) is 24.7 Å². The first-order valence-corrected chi connectivity index (χ1v) is 6.30. The maximum Gasteiger partial charge on any atom is 0.310 e. The van der Waals surface area contributed by atoms with Crippen molar-refractivity contribution in [1.29, 1.82) is 0 Å². The number of nitro benzene ring substituents is 1. The second-order valence-electron chi connectivity index (χ2n) is 5.09. The van der Waals surface area contributed by atoms with Crippen molar-refractivity contribution in [3.8, 4) is 5.75 Å². The average molecular weight is 294 g/mol. The van der Waals surface area contributed by atoms with Crippen molar-refractivity contribution in [2.24, 2.45) is 11.8 Å². The molecule has 8 nitrogen and oxygen atoms in total. The summed E-state index contributed by atoms with van der Waals surface area (Å²) in [6.07, 6.45) is 0. The molecule has 8 heteroatoms. The van der Waals surface area contributed by atoms with E-state index in [4.69, 9.17) is 5.11 Å². The topological polar surface area (TPSA) is 121 Å². The van der Waals surface area contributed by atoms with Gasteiger partial charge in [-0.3, -0.25) is 19.7 Å². The number of likely N-dealkylation sites (tertiary alicyclic amines) is 1. The number of carboxylic acids is 1. The van der Waals surface area contributed by atoms with Crippen molar-refractivity contribution >= 4 is 17.6 Å². The van der Waals surface area contributed by atoms with Gasteiger partial charge >= 0.3 is 11.7 Å². The predicted octanol–water partition coefficient (Wildman–Crippen LogP) is 1.09. The molecule has 0 saturated carbocycles. The molecule has 1 saturated heterocycles. The van der Waals surface area contributed by atoms with Gasteiger partial charge in [-0.1, -0.05) is 6.92 Å². The molecule has 0 bridgehead atoms. The summed E-state index contributed by atoms with van der Waals surface area (Å²) < 4.78 is 0. The van der Waals surface area contributed by atoms with E-state index >= 15 is 0 Å². The minimum atomic E-state index is -0.954. The lowest BCUT2D eigenvalue weighted by Crippen LogP contribution is -2.29. The van der Waals surface area contributed by atoms with E-state index in [1.807, 2.05) is 0 Å². The number of aliphatic carboxylic acids is 1. The Kier molecular flexibility index (Phi) is 3.79. The summed E-state index contributed by atoms with van der Waals surface area (Å²) >= 11 is 0. The van der Waals surface area contributed by atoms with Gasteiger partial charge in [0.05, 0.1) is 10.8 Å². The number of carboxylic acid groups (broad SMARTS) is 1. The molecule has 0 aliphatic carbocycles. The summed E-state index contributed by atoms with van der Waals surface area (Å²) in [5.74, 6) is -2.79. The molecule has 1 aliphatic heterocycles. The molecule has 1 heterocycles. The number of nitrogens with zero attached hydrogens (tertiary/aromatic N) is 2. The van der Waals surface area contributed by atoms with E-state index in [2.05, 4.69) is 0 Å². The summed E-state index contributed by atoms with van der Waals surface area (Å²) in [5, 5.41) is 29.2. The summed E-state index contributed by atoms with van der Waals surface area (Å²) in [6, 6.07) is 3.33. The van der Waals surface area contributed by atoms with Gasteiger partial charge in [-0.2, -0.15) is 0 Å². The minimum absolute atomic E-state index is 0.0904. The van der Waals surface area contributed by atoms with Gasteiger partial charge in [-0.05, 0) is 18.1 Å². The third kappa shape index (κ3) is 2.78. The van der Waals surface area contributed by atoms with Crippen LogP contribution in [0, 0.1) is 22.0 Å². The normalized spacial score (nSPS) is 21.3. The summed E-state index contributed by atoms with van der Waals surface area (Å²) in [7, 11) is 0. The summed E-state index contributed by atoms with van der Waals surface area (Å²) in [6.45, 7) is 2.14. The van der Waals surface area contributed by atoms with Crippen molar-refractivity contribution < 1.29 is 24.7 Å². The highest BCUT2D eigenvalue weighted by Crippen LogP contribution is 2.29. The fourth-order valence-electron chi connectivity index (χ4n) is 2.45. The zero-order chi connectivity index (χ0) is 15.7. The number of amides is 1. The van der Waals surface area contributed by atoms with E-state index in [0.717, 1.165) is 12.1 Å². The van der Waals surface area contributed by atoms with E-state index in [-0.39, 0.29) is 18.0 Å². The fourth-order valence-corrected chi connectivity index (χ4v) is 2.45. The molecule has 1 aliphatic rings. The van der Waals surface area contributed by atoms with Crippen molar-refractivity contribution in [2.45, 2.75) is 6.92 Å². The Hall–Kier alpha value is -2.64. The number of rotatable bonds is 3. The molecular formula is C13H14N2O6. The maximum absolute atomic E-state index is 12.2. The van der Waals surface area contributed by atoms with Gasteiger partial charge in [0.25, 0.3) is 5.91 Å². The highest BCUT2D eigenvalue weighted by molar-refractivity contribution is 5.95. The van der Waals surface area contributed by atoms with Crippen LogP contribution in [0.15, 0.2) is 18.2 Å². The first-order valence-electron chi connectivity index (χ1n) is 6.30. The number of phenols is 1. The molecule has 0 spiro atoms. The lowest BCUT2D eigenvalue weighted by atomic mass is 9.99. The molecule has 0 unspecified atom stereocenters. The number of hydrogen-bond acceptors (Lipinski definition) is 5. The van der Waals surface area contributed by atoms with Crippen LogP contribution in [0.3, 0.4) is 0 Å². The number of carbonyl (C=O) groups is 2. The Morgan fingerprint density at radius 1 is 1.38 bits per heavy atom. The molecule has 112 valence electrons. The molecule has 21 heavy (non-hydrogen) atoms. The van der Waals surface area contributed by atoms with Gasteiger partial charge < -0.3 is 15.1 Å². The van der Waals surface area contributed by atoms with Crippen LogP contribution < -0.4 is 0 Å². The minimum Gasteiger partial charge on any atom is -0.502 e. The molecular weight excluding hydrogens is 280 g/mol. The molecule has 1 aromatic rings. The van der Waals surface area contributed by atoms with Crippen molar-refractivity contribution in [1.82, 2.24) is 4.90 Å². The van der Waals surface area contributed by atoms with Crippen molar-refractivity contribution in [3.63, 3.8) is 0 Å². The third-order valence-corrected chi connectivity index (χ3v) is 3.64. The molecule has 0 aromatic heterocycles. The Morgan fingerprint density at radius 2 is 2.05 bits per heavy atom. The lowest BCUT2D eigenvalue weighted by molar-refractivity contribution is -0.385. The van der Waals surface area contributed by atoms with E-state index in [1.165, 1.54) is 11.0 Å². The molecule has 1 amide bonds. The van der Waals surface area contributed by atoms with E-state index < -0.39 is 34.2 Å². The number of benzene rings is 1. The zero-order valence-corrected chi connectivity index (χ0v) is 11.2. The summed E-state index contributed by atoms with van der Waals surface area (Å²) in [4.78, 5) is 34.5. The molecule has 1 fully saturated rings. The van der Waals surface area contributed by atoms with Crippen LogP contribution >= 0.6 is 0 Å². The SMILES string of the molecule is C[C@@H]1CN(C(=O)c2ccc([N+](=O)[O-])c(O)c2)C[C@H]1C(=O)O. The fraction of sp³-hybridized carbons (Fsp3) is 0.385. The Labute approximate surface area is 119 Å². The van der Waals surface area contributed by atoms with Crippen molar-refractivity contribution in [2.75, 3.05) is 13.1 Å². The third-order valence-electron chi connectivity index (χ3n) is 3.64. The average Bonchev–Trinajstić information content (AvgIpc) is 2.79. The smallest absolute Gasteiger partial charge is 0.310 e. The number of carbonyl (C=O) groups excluding carboxylic acids is 1. The standard InChI is InChI=1S/C13H14N2O6/c1-7-5-14(6-9(7)13(18)19)12(17)8-2-3-10(15(20)21)11(16)4-8/h2-4,7,9,16H,5-6H2,1H3,(H,18,19)/t7-,9-/m1/s1. The lowest BCUT2D eigenvalue weighted by Gasteiger charge is -2.16. The van der Waals surface area contributed by atoms with Crippen LogP contribution in [0.1, 0.15) is 17.3 Å². The first-order chi connectivity index (χ1) is 9.81. The second kappa shape index (κ2) is 5.39. The number of aromatic hydroxyl groups is 1. The molecule has 2 N–H and O–H groups in total. The van der Waals surface area contributed by atoms with Crippen LogP contribution in [0.2, 0.25) is 0 Å². The quantitative estimate of drug-likeness (QED) is 0.636. The van der Waals surface area contributed by atoms with Gasteiger partial charge in [0.1, 0.15) is 0 Å². The number of hydrogen-bond donors (Lipinski definition) is 2. The first kappa shape index (κ1) is 14.8. The maximum atomic E-state index is 12.2. The van der Waals surface area contributed by atoms with Gasteiger partial charge in [0.2, 0.25) is 0 Å². The Balaban J connectivity index is 2.20. The molecule has 2 rings (SSSR count). The largest absolute Gasteiger partial charge is 0.502 e. The highest BCUT2D eigenvalue weighted by atomic mass is 16.6. The van der Waals surface area contributed by atoms with Gasteiger partial charge in [0.15, 0.2) is 5.75 Å².